The molecular weight excluding hydrogens is 398 g/mol. The molecule has 6 nitrogen and oxygen atoms in total. The first-order valence-corrected chi connectivity index (χ1v) is 11.4. The molecular formula is C23H25N3O3S. The summed E-state index contributed by atoms with van der Waals surface area (Å²) in [7, 11) is -3.61. The zero-order chi connectivity index (χ0) is 21.7. The summed E-state index contributed by atoms with van der Waals surface area (Å²) in [5, 5.41) is 2.78. The van der Waals surface area contributed by atoms with Gasteiger partial charge in [0.05, 0.1) is 11.9 Å². The summed E-state index contributed by atoms with van der Waals surface area (Å²) in [4.78, 5) is 16.6. The number of carbonyl (C=O) groups excluding carboxylic acids is 1. The fourth-order valence-electron chi connectivity index (χ4n) is 3.05. The minimum Gasteiger partial charge on any atom is -0.325 e. The van der Waals surface area contributed by atoms with Crippen LogP contribution in [0.25, 0.3) is 0 Å². The molecule has 0 radical (unpaired) electrons. The van der Waals surface area contributed by atoms with Gasteiger partial charge in [-0.2, -0.15) is 0 Å². The number of hydrogen-bond acceptors (Lipinski definition) is 4. The maximum atomic E-state index is 12.5. The summed E-state index contributed by atoms with van der Waals surface area (Å²) in [6.07, 6.45) is 5.38. The third-order valence-corrected chi connectivity index (χ3v) is 6.00. The van der Waals surface area contributed by atoms with Crippen LogP contribution in [0.15, 0.2) is 67.0 Å². The Morgan fingerprint density at radius 2 is 1.57 bits per heavy atom. The highest BCUT2D eigenvalue weighted by Gasteiger charge is 2.21. The van der Waals surface area contributed by atoms with E-state index in [0.717, 1.165) is 39.2 Å². The Hall–Kier alpha value is -3.19. The van der Waals surface area contributed by atoms with Gasteiger partial charge in [0.15, 0.2) is 0 Å². The van der Waals surface area contributed by atoms with E-state index in [9.17, 15) is 13.2 Å². The fraction of sp³-hybridized carbons (Fsp3) is 0.217. The molecule has 1 N–H and O–H groups in total. The number of hydrogen-bond donors (Lipinski definition) is 1. The van der Waals surface area contributed by atoms with E-state index < -0.39 is 15.9 Å². The lowest BCUT2D eigenvalue weighted by molar-refractivity contribution is -0.114. The van der Waals surface area contributed by atoms with Crippen LogP contribution >= 0.6 is 0 Å². The maximum absolute atomic E-state index is 12.5. The zero-order valence-corrected chi connectivity index (χ0v) is 18.1. The summed E-state index contributed by atoms with van der Waals surface area (Å²) < 4.78 is 25.7. The van der Waals surface area contributed by atoms with Gasteiger partial charge in [-0.25, -0.2) is 8.42 Å². The van der Waals surface area contributed by atoms with Crippen molar-refractivity contribution >= 4 is 27.3 Å². The van der Waals surface area contributed by atoms with Gasteiger partial charge in [-0.1, -0.05) is 18.2 Å². The van der Waals surface area contributed by atoms with Gasteiger partial charge in [-0.15, -0.1) is 0 Å². The van der Waals surface area contributed by atoms with Gasteiger partial charge in [-0.3, -0.25) is 14.1 Å². The Bertz CT molecular complexity index is 1130. The Labute approximate surface area is 177 Å². The summed E-state index contributed by atoms with van der Waals surface area (Å²) in [5.41, 5.74) is 5.37. The molecule has 7 heteroatoms. The van der Waals surface area contributed by atoms with Gasteiger partial charge >= 0.3 is 0 Å². The Morgan fingerprint density at radius 3 is 2.17 bits per heavy atom. The average Bonchev–Trinajstić information content (AvgIpc) is 2.70. The van der Waals surface area contributed by atoms with Crippen molar-refractivity contribution in [3.05, 3.63) is 89.2 Å². The largest absolute Gasteiger partial charge is 0.325 e. The van der Waals surface area contributed by atoms with E-state index in [0.29, 0.717) is 11.4 Å². The maximum Gasteiger partial charge on any atom is 0.245 e. The number of nitrogens with zero attached hydrogens (tertiary/aromatic N) is 2. The summed E-state index contributed by atoms with van der Waals surface area (Å²) >= 11 is 0. The van der Waals surface area contributed by atoms with Crippen molar-refractivity contribution in [1.82, 2.24) is 4.98 Å². The van der Waals surface area contributed by atoms with Crippen LogP contribution < -0.4 is 9.62 Å². The van der Waals surface area contributed by atoms with Crippen LogP contribution in [0.2, 0.25) is 0 Å². The van der Waals surface area contributed by atoms with E-state index in [1.54, 1.807) is 24.5 Å². The molecule has 0 unspecified atom stereocenters. The first kappa shape index (κ1) is 21.5. The molecule has 0 aliphatic rings. The number of pyridine rings is 1. The van der Waals surface area contributed by atoms with Crippen LogP contribution in [0.3, 0.4) is 0 Å². The number of anilines is 2. The lowest BCUT2D eigenvalue weighted by atomic mass is 10.1. The van der Waals surface area contributed by atoms with Crippen LogP contribution in [0.1, 0.15) is 22.3 Å². The van der Waals surface area contributed by atoms with E-state index >= 15 is 0 Å². The molecule has 0 aliphatic heterocycles. The number of benzene rings is 2. The number of aryl methyl sites for hydroxylation is 2. The Kier molecular flexibility index (Phi) is 6.52. The normalized spacial score (nSPS) is 11.2. The minimum atomic E-state index is -3.61. The molecule has 0 spiro atoms. The summed E-state index contributed by atoms with van der Waals surface area (Å²) in [6.45, 7) is 3.57. The van der Waals surface area contributed by atoms with Crippen LogP contribution in [0.5, 0.6) is 0 Å². The first-order valence-electron chi connectivity index (χ1n) is 9.55. The summed E-state index contributed by atoms with van der Waals surface area (Å²) in [5.74, 6) is -0.402. The highest BCUT2D eigenvalue weighted by molar-refractivity contribution is 7.92. The fourth-order valence-corrected chi connectivity index (χ4v) is 3.90. The average molecular weight is 424 g/mol. The van der Waals surface area contributed by atoms with Crippen LogP contribution in [-0.2, 0) is 21.2 Å². The van der Waals surface area contributed by atoms with Crippen molar-refractivity contribution in [3.63, 3.8) is 0 Å². The van der Waals surface area contributed by atoms with Crippen LogP contribution in [0, 0.1) is 13.8 Å². The molecule has 0 aliphatic carbocycles. The lowest BCUT2D eigenvalue weighted by Crippen LogP contribution is -2.37. The quantitative estimate of drug-likeness (QED) is 0.629. The number of nitrogens with one attached hydrogen (secondary N) is 1. The minimum absolute atomic E-state index is 0.292. The molecule has 3 rings (SSSR count). The predicted molar refractivity (Wildman–Crippen MR) is 120 cm³/mol. The van der Waals surface area contributed by atoms with E-state index in [-0.39, 0.29) is 6.54 Å². The zero-order valence-electron chi connectivity index (χ0n) is 17.3. The molecule has 0 bridgehead atoms. The standard InChI is InChI=1S/C23H25N3O3S/c1-17-4-9-22(14-18(17)2)26(30(3,28)29)16-23(27)25-21-7-5-19(6-8-21)15-20-10-12-24-13-11-20/h4-14H,15-16H2,1-3H3,(H,25,27). The smallest absolute Gasteiger partial charge is 0.245 e. The molecule has 2 aromatic carbocycles. The highest BCUT2D eigenvalue weighted by Crippen LogP contribution is 2.21. The predicted octanol–water partition coefficient (Wildman–Crippen LogP) is 3.69. The van der Waals surface area contributed by atoms with Crippen LogP contribution in [-0.4, -0.2) is 32.1 Å². The van der Waals surface area contributed by atoms with Crippen LogP contribution in [0.4, 0.5) is 11.4 Å². The highest BCUT2D eigenvalue weighted by atomic mass is 32.2. The van der Waals surface area contributed by atoms with Gasteiger partial charge in [0, 0.05) is 18.1 Å². The molecule has 3 aromatic rings. The van der Waals surface area contributed by atoms with Crippen molar-refractivity contribution in [2.24, 2.45) is 0 Å². The van der Waals surface area contributed by atoms with E-state index in [4.69, 9.17) is 0 Å². The topological polar surface area (TPSA) is 79.4 Å². The third-order valence-electron chi connectivity index (χ3n) is 4.86. The Balaban J connectivity index is 1.68. The van der Waals surface area contributed by atoms with Gasteiger partial charge in [0.2, 0.25) is 15.9 Å². The third kappa shape index (κ3) is 5.67. The van der Waals surface area contributed by atoms with Gasteiger partial charge in [0.1, 0.15) is 6.54 Å². The van der Waals surface area contributed by atoms with E-state index in [1.807, 2.05) is 56.3 Å². The molecule has 0 saturated heterocycles. The number of carbonyl (C=O) groups is 1. The van der Waals surface area contributed by atoms with Crippen molar-refractivity contribution < 1.29 is 13.2 Å². The number of amides is 1. The molecule has 0 fully saturated rings. The number of aromatic nitrogens is 1. The molecule has 30 heavy (non-hydrogen) atoms. The molecule has 156 valence electrons. The number of rotatable bonds is 7. The number of sulfonamides is 1. The SMILES string of the molecule is Cc1ccc(N(CC(=O)Nc2ccc(Cc3ccncc3)cc2)S(C)(=O)=O)cc1C. The molecule has 1 aromatic heterocycles. The van der Waals surface area contributed by atoms with Gasteiger partial charge < -0.3 is 5.32 Å². The van der Waals surface area contributed by atoms with Crippen molar-refractivity contribution in [2.75, 3.05) is 22.4 Å². The molecule has 1 amide bonds. The second kappa shape index (κ2) is 9.09. The molecule has 0 saturated carbocycles. The van der Waals surface area contributed by atoms with Gasteiger partial charge in [-0.05, 0) is 78.9 Å². The van der Waals surface area contributed by atoms with Gasteiger partial charge in [0.25, 0.3) is 0 Å². The van der Waals surface area contributed by atoms with Crippen molar-refractivity contribution in [3.8, 4) is 0 Å². The van der Waals surface area contributed by atoms with E-state index in [2.05, 4.69) is 10.3 Å². The second-order valence-corrected chi connectivity index (χ2v) is 9.22. The lowest BCUT2D eigenvalue weighted by Gasteiger charge is -2.22. The summed E-state index contributed by atoms with van der Waals surface area (Å²) in [6, 6.07) is 16.8. The Morgan fingerprint density at radius 1 is 0.933 bits per heavy atom. The molecule has 0 atom stereocenters. The van der Waals surface area contributed by atoms with Crippen molar-refractivity contribution in [2.45, 2.75) is 20.3 Å². The second-order valence-electron chi connectivity index (χ2n) is 7.32. The first-order chi connectivity index (χ1) is 14.2. The van der Waals surface area contributed by atoms with Crippen molar-refractivity contribution in [1.29, 1.82) is 0 Å². The molecule has 1 heterocycles. The van der Waals surface area contributed by atoms with E-state index in [1.165, 1.54) is 0 Å². The monoisotopic (exact) mass is 423 g/mol.